The zero-order valence-corrected chi connectivity index (χ0v) is 13.8. The highest BCUT2D eigenvalue weighted by atomic mass is 19.4. The number of benzene rings is 1. The number of anilines is 1. The molecule has 6 nitrogen and oxygen atoms in total. The fourth-order valence-electron chi connectivity index (χ4n) is 1.96. The minimum Gasteiger partial charge on any atom is -0.462 e. The summed E-state index contributed by atoms with van der Waals surface area (Å²) in [6.07, 6.45) is -4.59. The Kier molecular flexibility index (Phi) is 6.72. The van der Waals surface area contributed by atoms with Gasteiger partial charge in [0.15, 0.2) is 11.4 Å². The van der Waals surface area contributed by atoms with E-state index in [0.29, 0.717) is 6.07 Å². The lowest BCUT2D eigenvalue weighted by atomic mass is 10.1. The van der Waals surface area contributed by atoms with Gasteiger partial charge < -0.3 is 15.4 Å². The number of esters is 1. The maximum absolute atomic E-state index is 12.7. The molecule has 0 aliphatic rings. The first kappa shape index (κ1) is 20.2. The lowest BCUT2D eigenvalue weighted by molar-refractivity contribution is -0.140. The number of carbonyl (C=O) groups is 3. The van der Waals surface area contributed by atoms with Crippen molar-refractivity contribution in [3.05, 3.63) is 41.1 Å². The number of ketones is 1. The van der Waals surface area contributed by atoms with Crippen molar-refractivity contribution < 1.29 is 32.3 Å². The summed E-state index contributed by atoms with van der Waals surface area (Å²) in [4.78, 5) is 36.0. The molecule has 0 aliphatic carbocycles. The molecule has 9 heteroatoms. The minimum absolute atomic E-state index is 0.0475. The number of ether oxygens (including phenoxy) is 1. The van der Waals surface area contributed by atoms with Crippen LogP contribution in [0.4, 0.5) is 18.9 Å². The first-order valence-electron chi connectivity index (χ1n) is 7.20. The molecular weight excluding hydrogens is 341 g/mol. The zero-order valence-electron chi connectivity index (χ0n) is 13.8. The van der Waals surface area contributed by atoms with Gasteiger partial charge in [-0.05, 0) is 25.1 Å². The topological polar surface area (TPSA) is 84.5 Å². The van der Waals surface area contributed by atoms with E-state index in [0.717, 1.165) is 19.1 Å². The predicted octanol–water partition coefficient (Wildman–Crippen LogP) is 2.27. The molecule has 0 saturated heterocycles. The van der Waals surface area contributed by atoms with Gasteiger partial charge >= 0.3 is 12.1 Å². The number of amides is 1. The molecule has 2 N–H and O–H groups in total. The zero-order chi connectivity index (χ0) is 19.2. The Morgan fingerprint density at radius 3 is 2.32 bits per heavy atom. The molecule has 1 aromatic rings. The molecule has 0 fully saturated rings. The number of rotatable bonds is 6. The first-order valence-corrected chi connectivity index (χ1v) is 7.20. The summed E-state index contributed by atoms with van der Waals surface area (Å²) in [5.41, 5.74) is -2.06. The summed E-state index contributed by atoms with van der Waals surface area (Å²) in [6.45, 7) is 2.59. The Morgan fingerprint density at radius 2 is 1.84 bits per heavy atom. The second kappa shape index (κ2) is 8.32. The average Bonchev–Trinajstić information content (AvgIpc) is 2.51. The predicted molar refractivity (Wildman–Crippen MR) is 83.5 cm³/mol. The van der Waals surface area contributed by atoms with Gasteiger partial charge in [-0.1, -0.05) is 6.07 Å². The van der Waals surface area contributed by atoms with E-state index in [2.05, 4.69) is 10.6 Å². The Balaban J connectivity index is 3.24. The molecule has 0 radical (unpaired) electrons. The molecule has 136 valence electrons. The maximum Gasteiger partial charge on any atom is 0.416 e. The van der Waals surface area contributed by atoms with E-state index in [-0.39, 0.29) is 18.0 Å². The van der Waals surface area contributed by atoms with Crippen molar-refractivity contribution in [2.24, 2.45) is 0 Å². The Morgan fingerprint density at radius 1 is 1.20 bits per heavy atom. The second-order valence-electron chi connectivity index (χ2n) is 4.81. The van der Waals surface area contributed by atoms with Crippen LogP contribution in [0.5, 0.6) is 0 Å². The van der Waals surface area contributed by atoms with Crippen molar-refractivity contribution >= 4 is 23.3 Å². The normalized spacial score (nSPS) is 12.1. The highest BCUT2D eigenvalue weighted by Gasteiger charge is 2.31. The summed E-state index contributed by atoms with van der Waals surface area (Å²) in [7, 11) is 1.33. The minimum atomic E-state index is -4.59. The first-order chi connectivity index (χ1) is 11.6. The third kappa shape index (κ3) is 5.33. The van der Waals surface area contributed by atoms with Gasteiger partial charge in [0, 0.05) is 19.7 Å². The molecule has 25 heavy (non-hydrogen) atoms. The number of allylic oxidation sites excluding steroid dienone is 1. The van der Waals surface area contributed by atoms with Crippen LogP contribution in [0.15, 0.2) is 35.5 Å². The van der Waals surface area contributed by atoms with Crippen LogP contribution in [-0.2, 0) is 25.3 Å². The summed E-state index contributed by atoms with van der Waals surface area (Å²) in [6, 6.07) is 3.89. The summed E-state index contributed by atoms with van der Waals surface area (Å²) >= 11 is 0. The number of Topliss-reactive ketones (excluding diaryl/α,β-unsaturated/α-hetero) is 1. The van der Waals surface area contributed by atoms with Crippen LogP contribution in [0.1, 0.15) is 19.4 Å². The monoisotopic (exact) mass is 358 g/mol. The van der Waals surface area contributed by atoms with Gasteiger partial charge in [0.05, 0.1) is 17.9 Å². The quantitative estimate of drug-likeness (QED) is 0.353. The van der Waals surface area contributed by atoms with Gasteiger partial charge in [-0.2, -0.15) is 13.2 Å². The van der Waals surface area contributed by atoms with Crippen LogP contribution in [0.25, 0.3) is 0 Å². The van der Waals surface area contributed by atoms with E-state index in [9.17, 15) is 27.6 Å². The molecule has 0 aliphatic heterocycles. The summed E-state index contributed by atoms with van der Waals surface area (Å²) < 4.78 is 42.9. The van der Waals surface area contributed by atoms with Gasteiger partial charge in [0.2, 0.25) is 0 Å². The van der Waals surface area contributed by atoms with Gasteiger partial charge in [-0.25, -0.2) is 4.79 Å². The van der Waals surface area contributed by atoms with Crippen LogP contribution in [0, 0.1) is 0 Å². The highest BCUT2D eigenvalue weighted by Crippen LogP contribution is 2.30. The standard InChI is InChI=1S/C16H17F3N2O4/c1-4-25-15(24)12(13(20-3)9(2)22)14(23)21-11-7-5-6-10(8-11)16(17,18)19/h5-8,20H,4H2,1-3H3,(H,21,23)/b13-12+. The maximum atomic E-state index is 12.7. The molecule has 0 spiro atoms. The van der Waals surface area contributed by atoms with E-state index in [1.807, 2.05) is 0 Å². The third-order valence-corrected chi connectivity index (χ3v) is 3.01. The van der Waals surface area contributed by atoms with Crippen molar-refractivity contribution in [2.45, 2.75) is 20.0 Å². The number of carbonyl (C=O) groups excluding carboxylic acids is 3. The molecule has 0 unspecified atom stereocenters. The van der Waals surface area contributed by atoms with Gasteiger partial charge in [-0.3, -0.25) is 9.59 Å². The molecule has 1 amide bonds. The van der Waals surface area contributed by atoms with Crippen LogP contribution in [-0.4, -0.2) is 31.3 Å². The third-order valence-electron chi connectivity index (χ3n) is 3.01. The molecule has 0 heterocycles. The van der Waals surface area contributed by atoms with Crippen molar-refractivity contribution in [2.75, 3.05) is 19.0 Å². The number of hydrogen-bond donors (Lipinski definition) is 2. The molecule has 1 rings (SSSR count). The van der Waals surface area contributed by atoms with E-state index >= 15 is 0 Å². The van der Waals surface area contributed by atoms with Crippen LogP contribution < -0.4 is 10.6 Å². The fraction of sp³-hybridized carbons (Fsp3) is 0.312. The van der Waals surface area contributed by atoms with Crippen molar-refractivity contribution in [3.8, 4) is 0 Å². The Bertz CT molecular complexity index is 712. The lowest BCUT2D eigenvalue weighted by Gasteiger charge is -2.13. The van der Waals surface area contributed by atoms with Gasteiger partial charge in [0.1, 0.15) is 0 Å². The van der Waals surface area contributed by atoms with Crippen LogP contribution in [0.2, 0.25) is 0 Å². The Labute approximate surface area is 142 Å². The fourth-order valence-corrected chi connectivity index (χ4v) is 1.96. The average molecular weight is 358 g/mol. The molecular formula is C16H17F3N2O4. The Hall–Kier alpha value is -2.84. The number of nitrogens with one attached hydrogen (secondary N) is 2. The van der Waals surface area contributed by atoms with Crippen molar-refractivity contribution in [1.82, 2.24) is 5.32 Å². The largest absolute Gasteiger partial charge is 0.462 e. The summed E-state index contributed by atoms with van der Waals surface area (Å²) in [5, 5.41) is 4.61. The van der Waals surface area contributed by atoms with Crippen LogP contribution >= 0.6 is 0 Å². The number of halogens is 3. The SMILES string of the molecule is CCOC(=O)/C(C(=O)Nc1cccc(C(F)(F)F)c1)=C(/NC)C(C)=O. The smallest absolute Gasteiger partial charge is 0.416 e. The van der Waals surface area contributed by atoms with Gasteiger partial charge in [0.25, 0.3) is 5.91 Å². The van der Waals surface area contributed by atoms with Gasteiger partial charge in [-0.15, -0.1) is 0 Å². The number of alkyl halides is 3. The highest BCUT2D eigenvalue weighted by molar-refractivity contribution is 6.25. The second-order valence-corrected chi connectivity index (χ2v) is 4.81. The molecule has 1 aromatic carbocycles. The number of likely N-dealkylation sites (N-methyl/N-ethyl adjacent to an activating group) is 1. The van der Waals surface area contributed by atoms with E-state index in [1.165, 1.54) is 20.0 Å². The van der Waals surface area contributed by atoms with E-state index in [1.54, 1.807) is 0 Å². The van der Waals surface area contributed by atoms with E-state index < -0.39 is 35.0 Å². The van der Waals surface area contributed by atoms with Crippen LogP contribution in [0.3, 0.4) is 0 Å². The molecule has 0 aromatic heterocycles. The molecule has 0 saturated carbocycles. The van der Waals surface area contributed by atoms with Crippen molar-refractivity contribution in [3.63, 3.8) is 0 Å². The molecule has 0 bridgehead atoms. The number of hydrogen-bond acceptors (Lipinski definition) is 5. The molecule has 0 atom stereocenters. The van der Waals surface area contributed by atoms with Crippen molar-refractivity contribution in [1.29, 1.82) is 0 Å². The summed E-state index contributed by atoms with van der Waals surface area (Å²) in [5.74, 6) is -2.73. The van der Waals surface area contributed by atoms with E-state index in [4.69, 9.17) is 4.74 Å². The lowest BCUT2D eigenvalue weighted by Crippen LogP contribution is -2.29.